The van der Waals surface area contributed by atoms with Crippen LogP contribution >= 0.6 is 0 Å². The molecule has 3 N–H and O–H groups in total. The molecule has 3 aliphatic rings. The second-order valence-electron chi connectivity index (χ2n) is 9.70. The third-order valence-electron chi connectivity index (χ3n) is 7.68. The molecule has 1 heterocycles. The monoisotopic (exact) mass is 440 g/mol. The van der Waals surface area contributed by atoms with E-state index in [1.165, 1.54) is 6.42 Å². The summed E-state index contributed by atoms with van der Waals surface area (Å²) in [5, 5.41) is 3.21. The average Bonchev–Trinajstić information content (AvgIpc) is 3.04. The van der Waals surface area contributed by atoms with Crippen LogP contribution in [-0.4, -0.2) is 48.4 Å². The van der Waals surface area contributed by atoms with Gasteiger partial charge in [0.15, 0.2) is 5.96 Å². The normalized spacial score (nSPS) is 29.0. The summed E-state index contributed by atoms with van der Waals surface area (Å²) in [7, 11) is 3.32. The Hall–Kier alpha value is -2.57. The molecule has 4 rings (SSSR count). The molecule has 3 atom stereocenters. The summed E-state index contributed by atoms with van der Waals surface area (Å²) in [6.45, 7) is 0. The van der Waals surface area contributed by atoms with Gasteiger partial charge in [0.25, 0.3) is 11.8 Å². The van der Waals surface area contributed by atoms with E-state index in [9.17, 15) is 9.59 Å². The predicted molar refractivity (Wildman–Crippen MR) is 125 cm³/mol. The number of nitrogens with zero attached hydrogens (tertiary/aromatic N) is 2. The van der Waals surface area contributed by atoms with Crippen LogP contribution in [0.2, 0.25) is 0 Å². The van der Waals surface area contributed by atoms with Crippen LogP contribution in [-0.2, 0) is 4.79 Å². The van der Waals surface area contributed by atoms with Crippen molar-refractivity contribution in [1.82, 2.24) is 10.2 Å². The lowest BCUT2D eigenvalue weighted by Gasteiger charge is -2.40. The topological polar surface area (TPSA) is 97.0 Å². The van der Waals surface area contributed by atoms with Gasteiger partial charge < -0.3 is 15.8 Å². The fourth-order valence-electron chi connectivity index (χ4n) is 6.01. The first kappa shape index (κ1) is 22.6. The molecule has 1 aromatic rings. The number of amides is 2. The van der Waals surface area contributed by atoms with Crippen molar-refractivity contribution in [3.8, 4) is 5.75 Å². The van der Waals surface area contributed by atoms with Gasteiger partial charge in [0, 0.05) is 13.1 Å². The highest BCUT2D eigenvalue weighted by Gasteiger charge is 2.53. The minimum atomic E-state index is -0.724. The summed E-state index contributed by atoms with van der Waals surface area (Å²) in [4.78, 5) is 32.6. The number of methoxy groups -OCH3 is 1. The van der Waals surface area contributed by atoms with E-state index in [4.69, 9.17) is 15.5 Å². The quantitative estimate of drug-likeness (QED) is 0.708. The van der Waals surface area contributed by atoms with E-state index in [1.54, 1.807) is 31.2 Å². The fraction of sp³-hybridized carbons (Fsp3) is 0.640. The summed E-state index contributed by atoms with van der Waals surface area (Å²) >= 11 is 0. The van der Waals surface area contributed by atoms with Crippen LogP contribution in [0.25, 0.3) is 0 Å². The Morgan fingerprint density at radius 1 is 1.19 bits per heavy atom. The molecule has 2 amide bonds. The molecule has 1 aromatic carbocycles. The van der Waals surface area contributed by atoms with E-state index in [1.807, 2.05) is 12.1 Å². The van der Waals surface area contributed by atoms with Crippen molar-refractivity contribution in [2.45, 2.75) is 75.8 Å². The zero-order chi connectivity index (χ0) is 22.7. The van der Waals surface area contributed by atoms with Gasteiger partial charge >= 0.3 is 0 Å². The highest BCUT2D eigenvalue weighted by molar-refractivity contribution is 6.06. The molecular weight excluding hydrogens is 404 g/mol. The SMILES string of the molecule is COc1ccccc1C(=O)N[C@@H]1CCC[C@H](C[C@]2(C3CCCCC3)N=C(N)N(C)C2=O)C1. The minimum absolute atomic E-state index is 0.0575. The van der Waals surface area contributed by atoms with Crippen molar-refractivity contribution >= 4 is 17.8 Å². The van der Waals surface area contributed by atoms with Crippen molar-refractivity contribution in [2.75, 3.05) is 14.2 Å². The zero-order valence-electron chi connectivity index (χ0n) is 19.3. The summed E-state index contributed by atoms with van der Waals surface area (Å²) in [5.41, 5.74) is 5.96. The Morgan fingerprint density at radius 3 is 2.62 bits per heavy atom. The molecule has 2 fully saturated rings. The van der Waals surface area contributed by atoms with E-state index in [2.05, 4.69) is 5.32 Å². The summed E-state index contributed by atoms with van der Waals surface area (Å²) in [6.07, 6.45) is 10.2. The van der Waals surface area contributed by atoms with Gasteiger partial charge in [-0.15, -0.1) is 0 Å². The van der Waals surface area contributed by atoms with Crippen LogP contribution < -0.4 is 15.8 Å². The number of likely N-dealkylation sites (N-methyl/N-ethyl adjacent to an activating group) is 1. The summed E-state index contributed by atoms with van der Waals surface area (Å²) < 4.78 is 5.35. The number of carbonyl (C=O) groups excluding carboxylic acids is 2. The smallest absolute Gasteiger partial charge is 0.257 e. The molecule has 174 valence electrons. The minimum Gasteiger partial charge on any atom is -0.496 e. The molecule has 1 aliphatic heterocycles. The average molecular weight is 441 g/mol. The zero-order valence-corrected chi connectivity index (χ0v) is 19.3. The largest absolute Gasteiger partial charge is 0.496 e. The maximum atomic E-state index is 13.4. The number of ether oxygens (including phenoxy) is 1. The standard InChI is InChI=1S/C25H36N4O3/c1-29-23(31)25(28-24(29)26,18-10-4-3-5-11-18)16-17-9-8-12-19(15-17)27-22(30)20-13-6-7-14-21(20)32-2/h6-7,13-14,17-19H,3-5,8-12,15-16H2,1-2H3,(H2,26,28)(H,27,30)/t17-,19+,25+/m0/s1. The Kier molecular flexibility index (Phi) is 6.72. The van der Waals surface area contributed by atoms with Crippen LogP contribution in [0.1, 0.15) is 74.6 Å². The molecule has 2 aliphatic carbocycles. The van der Waals surface area contributed by atoms with Crippen LogP contribution in [0.4, 0.5) is 0 Å². The molecule has 7 heteroatoms. The molecule has 7 nitrogen and oxygen atoms in total. The van der Waals surface area contributed by atoms with Gasteiger partial charge in [0.1, 0.15) is 11.3 Å². The summed E-state index contributed by atoms with van der Waals surface area (Å²) in [6, 6.07) is 7.39. The van der Waals surface area contributed by atoms with Gasteiger partial charge in [-0.1, -0.05) is 44.2 Å². The van der Waals surface area contributed by atoms with Gasteiger partial charge in [-0.2, -0.15) is 0 Å². The number of aliphatic imine (C=N–C) groups is 1. The van der Waals surface area contributed by atoms with Crippen molar-refractivity contribution in [3.63, 3.8) is 0 Å². The number of nitrogens with two attached hydrogens (primary N) is 1. The molecular formula is C25H36N4O3. The first-order valence-electron chi connectivity index (χ1n) is 12.0. The number of rotatable bonds is 6. The number of guanidine groups is 1. The molecule has 0 radical (unpaired) electrons. The number of benzene rings is 1. The maximum absolute atomic E-state index is 13.4. The van der Waals surface area contributed by atoms with Crippen LogP contribution in [0, 0.1) is 11.8 Å². The highest BCUT2D eigenvalue weighted by atomic mass is 16.5. The van der Waals surface area contributed by atoms with Crippen molar-refractivity contribution in [3.05, 3.63) is 29.8 Å². The molecule has 0 bridgehead atoms. The van der Waals surface area contributed by atoms with Gasteiger partial charge in [-0.25, -0.2) is 4.99 Å². The number of para-hydroxylation sites is 1. The first-order valence-corrected chi connectivity index (χ1v) is 12.0. The van der Waals surface area contributed by atoms with Crippen molar-refractivity contribution in [2.24, 2.45) is 22.6 Å². The lowest BCUT2D eigenvalue weighted by atomic mass is 9.68. The Balaban J connectivity index is 1.47. The van der Waals surface area contributed by atoms with Gasteiger partial charge in [0.2, 0.25) is 0 Å². The number of hydrogen-bond donors (Lipinski definition) is 2. The number of hydrogen-bond acceptors (Lipinski definition) is 5. The number of nitrogens with one attached hydrogen (secondary N) is 1. The molecule has 0 aromatic heterocycles. The summed E-state index contributed by atoms with van der Waals surface area (Å²) in [5.74, 6) is 1.47. The molecule has 32 heavy (non-hydrogen) atoms. The lowest BCUT2D eigenvalue weighted by molar-refractivity contribution is -0.133. The van der Waals surface area contributed by atoms with E-state index in [-0.39, 0.29) is 23.8 Å². The second kappa shape index (κ2) is 9.51. The predicted octanol–water partition coefficient (Wildman–Crippen LogP) is 3.48. The second-order valence-corrected chi connectivity index (χ2v) is 9.70. The maximum Gasteiger partial charge on any atom is 0.257 e. The van der Waals surface area contributed by atoms with Crippen molar-refractivity contribution in [1.29, 1.82) is 0 Å². The van der Waals surface area contributed by atoms with Crippen LogP contribution in [0.15, 0.2) is 29.3 Å². The number of carbonyl (C=O) groups is 2. The Bertz CT molecular complexity index is 880. The highest BCUT2D eigenvalue weighted by Crippen LogP contribution is 2.45. The lowest BCUT2D eigenvalue weighted by Crippen LogP contribution is -2.49. The third kappa shape index (κ3) is 4.34. The molecule has 2 saturated carbocycles. The first-order chi connectivity index (χ1) is 15.4. The van der Waals surface area contributed by atoms with Crippen LogP contribution in [0.3, 0.4) is 0 Å². The third-order valence-corrected chi connectivity index (χ3v) is 7.68. The van der Waals surface area contributed by atoms with E-state index < -0.39 is 5.54 Å². The van der Waals surface area contributed by atoms with Gasteiger partial charge in [-0.05, 0) is 56.1 Å². The Morgan fingerprint density at radius 2 is 1.94 bits per heavy atom. The molecule has 0 spiro atoms. The Labute approximate surface area is 190 Å². The van der Waals surface area contributed by atoms with Crippen LogP contribution in [0.5, 0.6) is 5.75 Å². The fourth-order valence-corrected chi connectivity index (χ4v) is 6.01. The van der Waals surface area contributed by atoms with Crippen molar-refractivity contribution < 1.29 is 14.3 Å². The van der Waals surface area contributed by atoms with E-state index in [0.717, 1.165) is 57.8 Å². The van der Waals surface area contributed by atoms with E-state index in [0.29, 0.717) is 23.2 Å². The van der Waals surface area contributed by atoms with Gasteiger partial charge in [0.05, 0.1) is 12.7 Å². The molecule has 0 unspecified atom stereocenters. The van der Waals surface area contributed by atoms with Gasteiger partial charge in [-0.3, -0.25) is 14.5 Å². The molecule has 0 saturated heterocycles. The van der Waals surface area contributed by atoms with E-state index >= 15 is 0 Å².